The molecule has 0 atom stereocenters. The highest BCUT2D eigenvalue weighted by Gasteiger charge is 2.17. The Kier molecular flexibility index (Phi) is 3.99. The molecule has 0 aliphatic carbocycles. The zero-order chi connectivity index (χ0) is 13.0. The number of nitrogens with zero attached hydrogens (tertiary/aromatic N) is 3. The monoisotopic (exact) mass is 263 g/mol. The van der Waals surface area contributed by atoms with Crippen molar-refractivity contribution in [1.29, 1.82) is 0 Å². The summed E-state index contributed by atoms with van der Waals surface area (Å²) in [7, 11) is 1.56. The first-order valence-corrected chi connectivity index (χ1v) is 6.02. The van der Waals surface area contributed by atoms with Crippen molar-refractivity contribution in [1.82, 2.24) is 9.97 Å². The maximum Gasteiger partial charge on any atom is 0.199 e. The second kappa shape index (κ2) is 5.69. The lowest BCUT2D eigenvalue weighted by molar-refractivity contribution is 0.411. The minimum absolute atomic E-state index is 0.317. The fraction of sp³-hybridized carbons (Fsp3) is 0.231. The summed E-state index contributed by atoms with van der Waals surface area (Å²) >= 11 is 6.02. The highest BCUT2D eigenvalue weighted by atomic mass is 35.5. The van der Waals surface area contributed by atoms with E-state index in [4.69, 9.17) is 16.3 Å². The number of rotatable bonds is 4. The van der Waals surface area contributed by atoms with E-state index in [-0.39, 0.29) is 0 Å². The maximum absolute atomic E-state index is 6.02. The van der Waals surface area contributed by atoms with Crippen LogP contribution in [0.15, 0.2) is 36.7 Å². The van der Waals surface area contributed by atoms with Crippen molar-refractivity contribution in [2.45, 2.75) is 6.92 Å². The number of halogens is 1. The quantitative estimate of drug-likeness (QED) is 0.794. The number of anilines is 2. The molecule has 0 aliphatic heterocycles. The zero-order valence-corrected chi connectivity index (χ0v) is 11.1. The van der Waals surface area contributed by atoms with Gasteiger partial charge in [0.05, 0.1) is 7.11 Å². The van der Waals surface area contributed by atoms with E-state index in [2.05, 4.69) is 9.97 Å². The number of hydrogen-bond acceptors (Lipinski definition) is 4. The van der Waals surface area contributed by atoms with Crippen LogP contribution in [0.5, 0.6) is 5.75 Å². The van der Waals surface area contributed by atoms with E-state index in [1.165, 1.54) is 6.33 Å². The summed E-state index contributed by atoms with van der Waals surface area (Å²) in [5, 5.41) is 0.317. The van der Waals surface area contributed by atoms with Crippen molar-refractivity contribution in [3.63, 3.8) is 0 Å². The SMILES string of the molecule is CCN(c1ccccc1)c1ncnc(Cl)c1OC. The Hall–Kier alpha value is -1.81. The maximum atomic E-state index is 6.02. The van der Waals surface area contributed by atoms with Gasteiger partial charge in [0, 0.05) is 12.2 Å². The topological polar surface area (TPSA) is 38.2 Å². The molecule has 0 amide bonds. The van der Waals surface area contributed by atoms with E-state index < -0.39 is 0 Å². The second-order valence-corrected chi connectivity index (χ2v) is 3.96. The van der Waals surface area contributed by atoms with E-state index in [9.17, 15) is 0 Å². The van der Waals surface area contributed by atoms with Gasteiger partial charge in [0.2, 0.25) is 0 Å². The van der Waals surface area contributed by atoms with Crippen LogP contribution in [0.25, 0.3) is 0 Å². The Labute approximate surface area is 111 Å². The van der Waals surface area contributed by atoms with Crippen LogP contribution in [0.1, 0.15) is 6.92 Å². The molecule has 4 nitrogen and oxygen atoms in total. The molecule has 18 heavy (non-hydrogen) atoms. The molecule has 0 N–H and O–H groups in total. The average Bonchev–Trinajstić information content (AvgIpc) is 2.41. The van der Waals surface area contributed by atoms with Gasteiger partial charge in [0.25, 0.3) is 0 Å². The van der Waals surface area contributed by atoms with Gasteiger partial charge < -0.3 is 9.64 Å². The van der Waals surface area contributed by atoms with Gasteiger partial charge in [0.1, 0.15) is 6.33 Å². The largest absolute Gasteiger partial charge is 0.490 e. The van der Waals surface area contributed by atoms with Crippen LogP contribution in [-0.4, -0.2) is 23.6 Å². The summed E-state index contributed by atoms with van der Waals surface area (Å²) in [6.45, 7) is 2.80. The fourth-order valence-corrected chi connectivity index (χ4v) is 1.98. The van der Waals surface area contributed by atoms with E-state index in [0.29, 0.717) is 16.7 Å². The van der Waals surface area contributed by atoms with Crippen LogP contribution in [0.4, 0.5) is 11.5 Å². The average molecular weight is 264 g/mol. The lowest BCUT2D eigenvalue weighted by Crippen LogP contribution is -2.18. The molecule has 0 fully saturated rings. The van der Waals surface area contributed by atoms with Gasteiger partial charge in [-0.05, 0) is 19.1 Å². The van der Waals surface area contributed by atoms with Gasteiger partial charge in [0.15, 0.2) is 16.7 Å². The lowest BCUT2D eigenvalue weighted by atomic mass is 10.3. The molecule has 1 heterocycles. The first-order chi connectivity index (χ1) is 8.77. The van der Waals surface area contributed by atoms with Crippen molar-refractivity contribution in [2.24, 2.45) is 0 Å². The number of ether oxygens (including phenoxy) is 1. The third kappa shape index (κ3) is 2.38. The van der Waals surface area contributed by atoms with Crippen LogP contribution >= 0.6 is 11.6 Å². The number of para-hydroxylation sites is 1. The standard InChI is InChI=1S/C13H14ClN3O/c1-3-17(10-7-5-4-6-8-10)13-11(18-2)12(14)15-9-16-13/h4-9H,3H2,1-2H3. The Balaban J connectivity index is 2.49. The molecule has 0 aliphatic rings. The first-order valence-electron chi connectivity index (χ1n) is 5.65. The van der Waals surface area contributed by atoms with Gasteiger partial charge in [-0.25, -0.2) is 9.97 Å². The Morgan fingerprint density at radius 3 is 2.56 bits per heavy atom. The van der Waals surface area contributed by atoms with Crippen molar-refractivity contribution < 1.29 is 4.74 Å². The minimum atomic E-state index is 0.317. The number of methoxy groups -OCH3 is 1. The molecule has 0 spiro atoms. The summed E-state index contributed by atoms with van der Waals surface area (Å²) in [6, 6.07) is 9.96. The molecule has 0 saturated carbocycles. The Morgan fingerprint density at radius 1 is 1.22 bits per heavy atom. The first kappa shape index (κ1) is 12.6. The van der Waals surface area contributed by atoms with Crippen molar-refractivity contribution in [3.05, 3.63) is 41.8 Å². The zero-order valence-electron chi connectivity index (χ0n) is 10.3. The van der Waals surface area contributed by atoms with Crippen LogP contribution in [0.2, 0.25) is 5.15 Å². The lowest BCUT2D eigenvalue weighted by Gasteiger charge is -2.23. The molecule has 94 valence electrons. The van der Waals surface area contributed by atoms with Crippen LogP contribution < -0.4 is 9.64 Å². The highest BCUT2D eigenvalue weighted by molar-refractivity contribution is 6.31. The van der Waals surface area contributed by atoms with Gasteiger partial charge in [-0.3, -0.25) is 0 Å². The predicted molar refractivity (Wildman–Crippen MR) is 72.7 cm³/mol. The molecule has 5 heteroatoms. The number of benzene rings is 1. The molecule has 2 rings (SSSR count). The summed E-state index contributed by atoms with van der Waals surface area (Å²) in [4.78, 5) is 10.2. The Bertz CT molecular complexity index is 519. The third-order valence-corrected chi connectivity index (χ3v) is 2.85. The summed E-state index contributed by atoms with van der Waals surface area (Å²) in [6.07, 6.45) is 1.44. The fourth-order valence-electron chi connectivity index (χ4n) is 1.77. The van der Waals surface area contributed by atoms with Gasteiger partial charge in [-0.2, -0.15) is 0 Å². The van der Waals surface area contributed by atoms with Crippen molar-refractivity contribution in [2.75, 3.05) is 18.6 Å². The molecule has 1 aromatic heterocycles. The molecular formula is C13H14ClN3O. The summed E-state index contributed by atoms with van der Waals surface area (Å²) in [5.74, 6) is 1.16. The van der Waals surface area contributed by atoms with Crippen molar-refractivity contribution in [3.8, 4) is 5.75 Å². The van der Waals surface area contributed by atoms with Crippen LogP contribution in [0.3, 0.4) is 0 Å². The number of hydrogen-bond donors (Lipinski definition) is 0. The second-order valence-electron chi connectivity index (χ2n) is 3.60. The van der Waals surface area contributed by atoms with Crippen LogP contribution in [-0.2, 0) is 0 Å². The van der Waals surface area contributed by atoms with E-state index in [0.717, 1.165) is 12.2 Å². The van der Waals surface area contributed by atoms with Crippen LogP contribution in [0, 0.1) is 0 Å². The summed E-state index contributed by atoms with van der Waals surface area (Å²) in [5.41, 5.74) is 1.04. The Morgan fingerprint density at radius 2 is 1.94 bits per heavy atom. The summed E-state index contributed by atoms with van der Waals surface area (Å²) < 4.78 is 5.28. The number of aromatic nitrogens is 2. The van der Waals surface area contributed by atoms with Crippen molar-refractivity contribution >= 4 is 23.1 Å². The van der Waals surface area contributed by atoms with E-state index >= 15 is 0 Å². The molecule has 0 bridgehead atoms. The molecular weight excluding hydrogens is 250 g/mol. The third-order valence-electron chi connectivity index (χ3n) is 2.59. The molecule has 0 radical (unpaired) electrons. The van der Waals surface area contributed by atoms with E-state index in [1.807, 2.05) is 42.2 Å². The molecule has 0 unspecified atom stereocenters. The normalized spacial score (nSPS) is 10.2. The molecule has 1 aromatic carbocycles. The predicted octanol–water partition coefficient (Wildman–Crippen LogP) is 3.30. The highest BCUT2D eigenvalue weighted by Crippen LogP contribution is 2.35. The van der Waals surface area contributed by atoms with Gasteiger partial charge >= 0.3 is 0 Å². The minimum Gasteiger partial charge on any atom is -0.490 e. The van der Waals surface area contributed by atoms with Gasteiger partial charge in [-0.1, -0.05) is 29.8 Å². The van der Waals surface area contributed by atoms with Gasteiger partial charge in [-0.15, -0.1) is 0 Å². The molecule has 0 saturated heterocycles. The van der Waals surface area contributed by atoms with E-state index in [1.54, 1.807) is 7.11 Å². The smallest absolute Gasteiger partial charge is 0.199 e. The molecule has 2 aromatic rings.